The fourth-order valence-electron chi connectivity index (χ4n) is 3.73. The van der Waals surface area contributed by atoms with Crippen LogP contribution in [0, 0.1) is 0 Å². The smallest absolute Gasteiger partial charge is 0.347 e. The number of rotatable bonds is 11. The number of aliphatic carboxylic acids is 1. The number of aromatic nitrogens is 3. The molecule has 1 N–H and O–H groups in total. The first-order valence-corrected chi connectivity index (χ1v) is 11.5. The Bertz CT molecular complexity index is 1110. The topological polar surface area (TPSA) is 86.3 Å². The van der Waals surface area contributed by atoms with Gasteiger partial charge >= 0.3 is 11.7 Å². The molecule has 33 heavy (non-hydrogen) atoms. The number of ether oxygens (including phenoxy) is 1. The first kappa shape index (κ1) is 24.3. The predicted octanol–water partition coefficient (Wildman–Crippen LogP) is 4.48. The normalized spacial score (nSPS) is 12.5. The van der Waals surface area contributed by atoms with Gasteiger partial charge < -0.3 is 9.84 Å². The van der Waals surface area contributed by atoms with Crippen LogP contribution in [0.1, 0.15) is 63.5 Å². The molecule has 0 unspecified atom stereocenters. The van der Waals surface area contributed by atoms with Crippen molar-refractivity contribution in [1.29, 1.82) is 0 Å². The average Bonchev–Trinajstić information content (AvgIpc) is 3.10. The summed E-state index contributed by atoms with van der Waals surface area (Å²) >= 11 is 0. The second-order valence-corrected chi connectivity index (χ2v) is 8.80. The summed E-state index contributed by atoms with van der Waals surface area (Å²) < 4.78 is 8.95. The van der Waals surface area contributed by atoms with Gasteiger partial charge in [-0.1, -0.05) is 49.4 Å². The van der Waals surface area contributed by atoms with Crippen LogP contribution in [-0.4, -0.2) is 31.0 Å². The van der Waals surface area contributed by atoms with Gasteiger partial charge in [0.05, 0.1) is 6.04 Å². The molecule has 7 heteroatoms. The maximum Gasteiger partial charge on any atom is 0.347 e. The van der Waals surface area contributed by atoms with Crippen LogP contribution in [0.3, 0.4) is 0 Å². The van der Waals surface area contributed by atoms with E-state index in [1.54, 1.807) is 21.4 Å². The lowest BCUT2D eigenvalue weighted by Crippen LogP contribution is -2.37. The van der Waals surface area contributed by atoms with Gasteiger partial charge in [0.2, 0.25) is 0 Å². The van der Waals surface area contributed by atoms with Gasteiger partial charge in [0, 0.05) is 13.0 Å². The quantitative estimate of drug-likeness (QED) is 0.464. The number of hydrogen-bond donors (Lipinski definition) is 1. The van der Waals surface area contributed by atoms with Gasteiger partial charge in [0.15, 0.2) is 5.60 Å². The zero-order chi connectivity index (χ0) is 24.0. The van der Waals surface area contributed by atoms with E-state index < -0.39 is 11.6 Å². The monoisotopic (exact) mass is 451 g/mol. The molecule has 0 aliphatic carbocycles. The molecule has 0 saturated carbocycles. The Morgan fingerprint density at radius 1 is 1.09 bits per heavy atom. The highest BCUT2D eigenvalue weighted by Gasteiger charge is 2.29. The van der Waals surface area contributed by atoms with E-state index in [2.05, 4.69) is 6.92 Å². The molecule has 0 amide bonds. The lowest BCUT2D eigenvalue weighted by Gasteiger charge is -2.21. The third-order valence-electron chi connectivity index (χ3n) is 5.73. The average molecular weight is 452 g/mol. The lowest BCUT2D eigenvalue weighted by atomic mass is 10.1. The summed E-state index contributed by atoms with van der Waals surface area (Å²) in [4.78, 5) is 24.3. The Morgan fingerprint density at radius 3 is 2.36 bits per heavy atom. The van der Waals surface area contributed by atoms with E-state index in [0.29, 0.717) is 18.7 Å². The first-order chi connectivity index (χ1) is 15.7. The van der Waals surface area contributed by atoms with Gasteiger partial charge in [-0.05, 0) is 63.3 Å². The maximum absolute atomic E-state index is 13.0. The van der Waals surface area contributed by atoms with E-state index in [0.717, 1.165) is 36.2 Å². The Balaban J connectivity index is 1.67. The molecule has 2 aromatic carbocycles. The van der Waals surface area contributed by atoms with Crippen LogP contribution in [0.4, 0.5) is 0 Å². The third-order valence-corrected chi connectivity index (χ3v) is 5.73. The lowest BCUT2D eigenvalue weighted by molar-refractivity contribution is -0.152. The summed E-state index contributed by atoms with van der Waals surface area (Å²) in [5, 5.41) is 13.9. The second-order valence-electron chi connectivity index (χ2n) is 8.80. The molecule has 0 spiro atoms. The van der Waals surface area contributed by atoms with E-state index >= 15 is 0 Å². The van der Waals surface area contributed by atoms with Crippen LogP contribution >= 0.6 is 0 Å². The van der Waals surface area contributed by atoms with Crippen LogP contribution in [-0.2, 0) is 24.2 Å². The number of hydrogen-bond acceptors (Lipinski definition) is 4. The van der Waals surface area contributed by atoms with E-state index in [1.807, 2.05) is 49.4 Å². The minimum atomic E-state index is -1.28. The highest BCUT2D eigenvalue weighted by atomic mass is 16.5. The number of carboxylic acids is 1. The molecule has 0 aliphatic rings. The summed E-state index contributed by atoms with van der Waals surface area (Å²) in [6, 6.07) is 17.3. The SMILES string of the molecule is CCCn1c(CCCc2ccc(OC(C)(C)C(=O)O)cc2)nn([C@H](C)c2ccccc2)c1=O. The zero-order valence-electron chi connectivity index (χ0n) is 19.8. The summed E-state index contributed by atoms with van der Waals surface area (Å²) in [7, 11) is 0. The van der Waals surface area contributed by atoms with E-state index in [9.17, 15) is 14.7 Å². The Kier molecular flexibility index (Phi) is 7.74. The van der Waals surface area contributed by atoms with Crippen molar-refractivity contribution in [3.05, 3.63) is 82.0 Å². The van der Waals surface area contributed by atoms with Gasteiger partial charge in [0.1, 0.15) is 11.6 Å². The molecule has 0 bridgehead atoms. The van der Waals surface area contributed by atoms with Gasteiger partial charge in [-0.3, -0.25) is 4.57 Å². The summed E-state index contributed by atoms with van der Waals surface area (Å²) in [5.41, 5.74) is 0.837. The highest BCUT2D eigenvalue weighted by molar-refractivity contribution is 5.76. The van der Waals surface area contributed by atoms with Crippen molar-refractivity contribution in [2.75, 3.05) is 0 Å². The van der Waals surface area contributed by atoms with Gasteiger partial charge in [-0.15, -0.1) is 0 Å². The van der Waals surface area contributed by atoms with Gasteiger partial charge in [-0.2, -0.15) is 5.10 Å². The fraction of sp³-hybridized carbons (Fsp3) is 0.423. The molecule has 3 rings (SSSR count). The molecular formula is C26H33N3O4. The summed E-state index contributed by atoms with van der Waals surface area (Å²) in [5.74, 6) is 0.329. The van der Waals surface area contributed by atoms with Crippen LogP contribution in [0.15, 0.2) is 59.4 Å². The van der Waals surface area contributed by atoms with Crippen LogP contribution in [0.5, 0.6) is 5.75 Å². The van der Waals surface area contributed by atoms with Crippen LogP contribution in [0.25, 0.3) is 0 Å². The van der Waals surface area contributed by atoms with E-state index in [1.165, 1.54) is 13.8 Å². The molecule has 0 saturated heterocycles. The summed E-state index contributed by atoms with van der Waals surface area (Å²) in [6.45, 7) is 7.76. The Morgan fingerprint density at radius 2 is 1.76 bits per heavy atom. The molecule has 1 heterocycles. The Hall–Kier alpha value is -3.35. The van der Waals surface area contributed by atoms with Crippen molar-refractivity contribution in [3.8, 4) is 5.75 Å². The van der Waals surface area contributed by atoms with Crippen LogP contribution < -0.4 is 10.4 Å². The second kappa shape index (κ2) is 10.5. The molecule has 0 radical (unpaired) electrons. The zero-order valence-corrected chi connectivity index (χ0v) is 19.8. The van der Waals surface area contributed by atoms with Crippen molar-refractivity contribution >= 4 is 5.97 Å². The van der Waals surface area contributed by atoms with Crippen molar-refractivity contribution in [2.45, 2.75) is 71.6 Å². The molecular weight excluding hydrogens is 418 g/mol. The molecule has 1 aromatic heterocycles. The first-order valence-electron chi connectivity index (χ1n) is 11.5. The maximum atomic E-state index is 13.0. The van der Waals surface area contributed by atoms with Gasteiger partial charge in [-0.25, -0.2) is 14.3 Å². The minimum absolute atomic E-state index is 0.0641. The largest absolute Gasteiger partial charge is 0.478 e. The molecule has 0 fully saturated rings. The van der Waals surface area contributed by atoms with E-state index in [4.69, 9.17) is 9.84 Å². The fourth-order valence-corrected chi connectivity index (χ4v) is 3.73. The molecule has 176 valence electrons. The highest BCUT2D eigenvalue weighted by Crippen LogP contribution is 2.20. The van der Waals surface area contributed by atoms with Crippen LogP contribution in [0.2, 0.25) is 0 Å². The third kappa shape index (κ3) is 5.92. The predicted molar refractivity (Wildman–Crippen MR) is 128 cm³/mol. The van der Waals surface area contributed by atoms with Crippen molar-refractivity contribution in [2.24, 2.45) is 0 Å². The number of carbonyl (C=O) groups is 1. The molecule has 0 aliphatic heterocycles. The standard InChI is InChI=1S/C26H33N3O4/c1-5-18-28-23(27-29(25(28)32)19(2)21-11-7-6-8-12-21)13-9-10-20-14-16-22(17-15-20)33-26(3,4)24(30)31/h6-8,11-12,14-17,19H,5,9-10,13,18H2,1-4H3,(H,30,31)/t19-/m1/s1. The number of carboxylic acid groups (broad SMARTS) is 1. The van der Waals surface area contributed by atoms with Crippen molar-refractivity contribution < 1.29 is 14.6 Å². The number of aryl methyl sites for hydroxylation is 2. The Labute approximate surface area is 194 Å². The minimum Gasteiger partial charge on any atom is -0.478 e. The van der Waals surface area contributed by atoms with E-state index in [-0.39, 0.29) is 11.7 Å². The molecule has 7 nitrogen and oxygen atoms in total. The van der Waals surface area contributed by atoms with Crippen molar-refractivity contribution in [1.82, 2.24) is 14.3 Å². The molecule has 3 aromatic rings. The number of nitrogens with zero attached hydrogens (tertiary/aromatic N) is 3. The summed E-state index contributed by atoms with van der Waals surface area (Å²) in [6.07, 6.45) is 3.24. The van der Waals surface area contributed by atoms with Crippen molar-refractivity contribution in [3.63, 3.8) is 0 Å². The number of benzene rings is 2. The van der Waals surface area contributed by atoms with Gasteiger partial charge in [0.25, 0.3) is 0 Å². The molecule has 1 atom stereocenters.